The summed E-state index contributed by atoms with van der Waals surface area (Å²) in [5.41, 5.74) is 2.06. The van der Waals surface area contributed by atoms with Gasteiger partial charge in [0, 0.05) is 19.0 Å². The second-order valence-electron chi connectivity index (χ2n) is 3.69. The first-order chi connectivity index (χ1) is 7.76. The molecule has 0 aliphatic heterocycles. The van der Waals surface area contributed by atoms with E-state index in [-0.39, 0.29) is 0 Å². The molecule has 16 heavy (non-hydrogen) atoms. The molecule has 5 heteroatoms. The van der Waals surface area contributed by atoms with E-state index in [0.29, 0.717) is 5.88 Å². The zero-order valence-electron chi connectivity index (χ0n) is 9.52. The lowest BCUT2D eigenvalue weighted by atomic mass is 10.3. The van der Waals surface area contributed by atoms with Gasteiger partial charge < -0.3 is 4.90 Å². The van der Waals surface area contributed by atoms with Crippen molar-refractivity contribution in [3.63, 3.8) is 0 Å². The molecule has 4 nitrogen and oxygen atoms in total. The van der Waals surface area contributed by atoms with Gasteiger partial charge in [-0.25, -0.2) is 4.98 Å². The fourth-order valence-electron chi connectivity index (χ4n) is 1.80. The lowest BCUT2D eigenvalue weighted by Crippen LogP contribution is -2.27. The first kappa shape index (κ1) is 11.2. The van der Waals surface area contributed by atoms with Gasteiger partial charge in [-0.1, -0.05) is 0 Å². The quantitative estimate of drug-likeness (QED) is 0.765. The number of halogens is 1. The summed E-state index contributed by atoms with van der Waals surface area (Å²) in [6.07, 6.45) is 1.58. The monoisotopic (exact) mass is 238 g/mol. The highest BCUT2D eigenvalue weighted by Gasteiger charge is 2.10. The summed E-state index contributed by atoms with van der Waals surface area (Å²) >= 11 is 5.80. The maximum Gasteiger partial charge on any atom is 0.157 e. The van der Waals surface area contributed by atoms with Gasteiger partial charge in [-0.05, 0) is 31.5 Å². The van der Waals surface area contributed by atoms with Gasteiger partial charge in [-0.15, -0.1) is 11.6 Å². The Kier molecular flexibility index (Phi) is 3.29. The van der Waals surface area contributed by atoms with Crippen LogP contribution in [0.3, 0.4) is 0 Å². The van der Waals surface area contributed by atoms with Gasteiger partial charge >= 0.3 is 0 Å². The summed E-state index contributed by atoms with van der Waals surface area (Å²) in [5, 5.41) is 4.23. The van der Waals surface area contributed by atoms with E-state index in [0.717, 1.165) is 24.6 Å². The third-order valence-corrected chi connectivity index (χ3v) is 2.73. The van der Waals surface area contributed by atoms with Crippen LogP contribution in [0.4, 0.5) is 5.82 Å². The summed E-state index contributed by atoms with van der Waals surface area (Å²) in [4.78, 5) is 6.41. The molecule has 2 aromatic rings. The van der Waals surface area contributed by atoms with E-state index in [1.807, 2.05) is 10.6 Å². The van der Waals surface area contributed by atoms with Crippen LogP contribution in [0.15, 0.2) is 18.5 Å². The van der Waals surface area contributed by atoms with Gasteiger partial charge in [-0.3, -0.25) is 0 Å². The maximum absolute atomic E-state index is 5.80. The minimum atomic E-state index is 0.609. The van der Waals surface area contributed by atoms with Crippen LogP contribution < -0.4 is 4.90 Å². The molecule has 0 amide bonds. The third kappa shape index (κ3) is 1.97. The molecule has 0 spiro atoms. The van der Waals surface area contributed by atoms with Crippen molar-refractivity contribution in [1.29, 1.82) is 0 Å². The highest BCUT2D eigenvalue weighted by Crippen LogP contribution is 2.17. The van der Waals surface area contributed by atoms with E-state index in [1.54, 1.807) is 6.33 Å². The van der Waals surface area contributed by atoms with E-state index in [9.17, 15) is 0 Å². The highest BCUT2D eigenvalue weighted by molar-refractivity contribution is 6.18. The first-order valence-corrected chi connectivity index (χ1v) is 5.91. The van der Waals surface area contributed by atoms with Crippen LogP contribution in [0.25, 0.3) is 5.65 Å². The number of fused-ring (bicyclic) bond motifs is 1. The lowest BCUT2D eigenvalue weighted by Gasteiger charge is -2.22. The Labute approximate surface area is 99.8 Å². The number of nitrogens with zero attached hydrogens (tertiary/aromatic N) is 4. The molecule has 0 saturated heterocycles. The molecule has 2 heterocycles. The van der Waals surface area contributed by atoms with Crippen molar-refractivity contribution in [2.24, 2.45) is 0 Å². The molecule has 0 unspecified atom stereocenters. The number of alkyl halides is 1. The molecular formula is C11H15ClN4. The van der Waals surface area contributed by atoms with Gasteiger partial charge in [0.05, 0.1) is 0 Å². The number of pyridine rings is 1. The summed E-state index contributed by atoms with van der Waals surface area (Å²) in [5.74, 6) is 1.66. The van der Waals surface area contributed by atoms with E-state index in [4.69, 9.17) is 11.6 Å². The average Bonchev–Trinajstić information content (AvgIpc) is 2.72. The summed E-state index contributed by atoms with van der Waals surface area (Å²) in [7, 11) is 0. The maximum atomic E-state index is 5.80. The Bertz CT molecular complexity index is 480. The van der Waals surface area contributed by atoms with Crippen molar-refractivity contribution in [2.75, 3.05) is 23.9 Å². The zero-order valence-corrected chi connectivity index (χ0v) is 10.3. The van der Waals surface area contributed by atoms with Gasteiger partial charge in [0.1, 0.15) is 12.1 Å². The molecule has 0 saturated carbocycles. The molecule has 0 radical (unpaired) electrons. The number of aryl methyl sites for hydroxylation is 1. The van der Waals surface area contributed by atoms with Crippen LogP contribution in [0.2, 0.25) is 0 Å². The zero-order chi connectivity index (χ0) is 11.5. The largest absolute Gasteiger partial charge is 0.356 e. The molecule has 2 rings (SSSR count). The van der Waals surface area contributed by atoms with Crippen molar-refractivity contribution >= 4 is 23.1 Å². The fourth-order valence-corrected chi connectivity index (χ4v) is 2.00. The minimum absolute atomic E-state index is 0.609. The van der Waals surface area contributed by atoms with Gasteiger partial charge in [0.2, 0.25) is 0 Å². The molecule has 0 bridgehead atoms. The molecule has 0 aliphatic rings. The fraction of sp³-hybridized carbons (Fsp3) is 0.455. The van der Waals surface area contributed by atoms with E-state index in [1.165, 1.54) is 5.56 Å². The van der Waals surface area contributed by atoms with Crippen molar-refractivity contribution in [3.8, 4) is 0 Å². The second kappa shape index (κ2) is 4.70. The lowest BCUT2D eigenvalue weighted by molar-refractivity contribution is 0.807. The number of hydrogen-bond acceptors (Lipinski definition) is 3. The third-order valence-electron chi connectivity index (χ3n) is 2.56. The topological polar surface area (TPSA) is 33.4 Å². The standard InChI is InChI=1S/C11H15ClN4/c1-3-15(5-4-12)11-7-9(2)6-10-13-8-14-16(10)11/h6-8H,3-5H2,1-2H3. The second-order valence-corrected chi connectivity index (χ2v) is 4.07. The van der Waals surface area contributed by atoms with Gasteiger partial charge in [0.15, 0.2) is 5.65 Å². The van der Waals surface area contributed by atoms with Crippen LogP contribution in [0.5, 0.6) is 0 Å². The number of hydrogen-bond donors (Lipinski definition) is 0. The first-order valence-electron chi connectivity index (χ1n) is 5.37. The summed E-state index contributed by atoms with van der Waals surface area (Å²) in [6, 6.07) is 4.13. The molecule has 0 fully saturated rings. The van der Waals surface area contributed by atoms with Crippen molar-refractivity contribution in [1.82, 2.24) is 14.6 Å². The Morgan fingerprint density at radius 1 is 1.44 bits per heavy atom. The van der Waals surface area contributed by atoms with Crippen LogP contribution >= 0.6 is 11.6 Å². The number of rotatable bonds is 4. The molecule has 0 aromatic carbocycles. The Balaban J connectivity index is 2.52. The normalized spacial score (nSPS) is 10.9. The van der Waals surface area contributed by atoms with E-state index in [2.05, 4.69) is 34.9 Å². The van der Waals surface area contributed by atoms with Crippen LogP contribution in [-0.2, 0) is 0 Å². The van der Waals surface area contributed by atoms with Crippen LogP contribution in [-0.4, -0.2) is 33.6 Å². The molecule has 0 atom stereocenters. The predicted octanol–water partition coefficient (Wildman–Crippen LogP) is 2.10. The minimum Gasteiger partial charge on any atom is -0.356 e. The highest BCUT2D eigenvalue weighted by atomic mass is 35.5. The van der Waals surface area contributed by atoms with Crippen molar-refractivity contribution in [3.05, 3.63) is 24.0 Å². The summed E-state index contributed by atoms with van der Waals surface area (Å²) < 4.78 is 1.85. The number of anilines is 1. The average molecular weight is 239 g/mol. The van der Waals surface area contributed by atoms with Crippen LogP contribution in [0.1, 0.15) is 12.5 Å². The number of aromatic nitrogens is 3. The Morgan fingerprint density at radius 3 is 2.94 bits per heavy atom. The van der Waals surface area contributed by atoms with E-state index < -0.39 is 0 Å². The summed E-state index contributed by atoms with van der Waals surface area (Å²) in [6.45, 7) is 5.89. The Hall–Kier alpha value is -1.29. The molecular weight excluding hydrogens is 224 g/mol. The molecule has 2 aromatic heterocycles. The smallest absolute Gasteiger partial charge is 0.157 e. The SMILES string of the molecule is CCN(CCCl)c1cc(C)cc2ncnn12. The predicted molar refractivity (Wildman–Crippen MR) is 66.3 cm³/mol. The Morgan fingerprint density at radius 2 is 2.25 bits per heavy atom. The molecule has 0 aliphatic carbocycles. The van der Waals surface area contributed by atoms with Crippen LogP contribution in [0, 0.1) is 6.92 Å². The molecule has 0 N–H and O–H groups in total. The molecule has 86 valence electrons. The van der Waals surface area contributed by atoms with E-state index >= 15 is 0 Å². The van der Waals surface area contributed by atoms with Crippen molar-refractivity contribution in [2.45, 2.75) is 13.8 Å². The van der Waals surface area contributed by atoms with Gasteiger partial charge in [-0.2, -0.15) is 9.61 Å². The van der Waals surface area contributed by atoms with Crippen molar-refractivity contribution < 1.29 is 0 Å². The van der Waals surface area contributed by atoms with Gasteiger partial charge in [0.25, 0.3) is 0 Å².